The number of anilines is 1. The molecule has 1 atom stereocenters. The number of nitrogens with zero attached hydrogens (tertiary/aromatic N) is 2. The zero-order chi connectivity index (χ0) is 28.6. The maximum atomic E-state index is 13.7. The number of amides is 2. The van der Waals surface area contributed by atoms with Crippen molar-refractivity contribution in [3.8, 4) is 0 Å². The van der Waals surface area contributed by atoms with Gasteiger partial charge < -0.3 is 10.2 Å². The van der Waals surface area contributed by atoms with Crippen molar-refractivity contribution < 1.29 is 18.0 Å². The van der Waals surface area contributed by atoms with Gasteiger partial charge in [-0.2, -0.15) is 0 Å². The molecule has 7 nitrogen and oxygen atoms in total. The van der Waals surface area contributed by atoms with Crippen molar-refractivity contribution in [2.45, 2.75) is 45.7 Å². The van der Waals surface area contributed by atoms with Crippen LogP contribution in [-0.4, -0.2) is 51.0 Å². The van der Waals surface area contributed by atoms with Crippen LogP contribution in [0.3, 0.4) is 0 Å². The van der Waals surface area contributed by atoms with Gasteiger partial charge in [0.15, 0.2) is 0 Å². The molecule has 208 valence electrons. The van der Waals surface area contributed by atoms with E-state index in [0.29, 0.717) is 18.5 Å². The van der Waals surface area contributed by atoms with Crippen LogP contribution in [0.5, 0.6) is 0 Å². The van der Waals surface area contributed by atoms with Crippen LogP contribution in [0.4, 0.5) is 5.69 Å². The van der Waals surface area contributed by atoms with Gasteiger partial charge in [-0.25, -0.2) is 8.42 Å². The SMILES string of the molecule is CNC(=O)[C@H](Cc1ccccc1)N(Cc1cccc(Br)c1)C(=O)CCCN(c1cc(C)ccc1C)S(C)(=O)=O. The minimum Gasteiger partial charge on any atom is -0.357 e. The summed E-state index contributed by atoms with van der Waals surface area (Å²) in [5.41, 5.74) is 4.23. The average Bonchev–Trinajstić information content (AvgIpc) is 2.89. The van der Waals surface area contributed by atoms with Crippen LogP contribution in [0, 0.1) is 13.8 Å². The molecular weight excluding hydrogens is 578 g/mol. The van der Waals surface area contributed by atoms with E-state index in [0.717, 1.165) is 26.7 Å². The van der Waals surface area contributed by atoms with Crippen molar-refractivity contribution in [1.82, 2.24) is 10.2 Å². The van der Waals surface area contributed by atoms with E-state index in [2.05, 4.69) is 21.2 Å². The summed E-state index contributed by atoms with van der Waals surface area (Å²) in [6.07, 6.45) is 1.93. The molecule has 0 spiro atoms. The number of carbonyl (C=O) groups excluding carboxylic acids is 2. The normalized spacial score (nSPS) is 12.0. The summed E-state index contributed by atoms with van der Waals surface area (Å²) in [5.74, 6) is -0.468. The summed E-state index contributed by atoms with van der Waals surface area (Å²) in [4.78, 5) is 28.4. The maximum Gasteiger partial charge on any atom is 0.242 e. The van der Waals surface area contributed by atoms with E-state index in [1.54, 1.807) is 11.9 Å². The van der Waals surface area contributed by atoms with Gasteiger partial charge >= 0.3 is 0 Å². The van der Waals surface area contributed by atoms with Gasteiger partial charge in [0.05, 0.1) is 11.9 Å². The molecule has 3 rings (SSSR count). The molecule has 0 bridgehead atoms. The summed E-state index contributed by atoms with van der Waals surface area (Å²) >= 11 is 3.49. The largest absolute Gasteiger partial charge is 0.357 e. The number of benzene rings is 3. The standard InChI is InChI=1S/C30H36BrN3O4S/c1-22-15-16-23(2)27(18-22)34(39(4,37)38)17-9-14-29(35)33(21-25-12-8-13-26(31)19-25)28(30(36)32-3)20-24-10-6-5-7-11-24/h5-8,10-13,15-16,18-19,28H,9,14,17,20-21H2,1-4H3,(H,32,36)/t28-/m0/s1. The predicted octanol–water partition coefficient (Wildman–Crippen LogP) is 5.00. The van der Waals surface area contributed by atoms with Crippen LogP contribution in [0.2, 0.25) is 0 Å². The molecule has 0 unspecified atom stereocenters. The van der Waals surface area contributed by atoms with Crippen LogP contribution >= 0.6 is 15.9 Å². The highest BCUT2D eigenvalue weighted by atomic mass is 79.9. The zero-order valence-corrected chi connectivity index (χ0v) is 25.3. The second kappa shape index (κ2) is 13.8. The van der Waals surface area contributed by atoms with Crippen molar-refractivity contribution in [2.75, 3.05) is 24.2 Å². The summed E-state index contributed by atoms with van der Waals surface area (Å²) in [7, 11) is -2.00. The number of nitrogens with one attached hydrogen (secondary N) is 1. The number of hydrogen-bond donors (Lipinski definition) is 1. The quantitative estimate of drug-likeness (QED) is 0.311. The van der Waals surface area contributed by atoms with E-state index in [9.17, 15) is 18.0 Å². The van der Waals surface area contributed by atoms with Crippen molar-refractivity contribution in [3.05, 3.63) is 99.5 Å². The monoisotopic (exact) mass is 613 g/mol. The van der Waals surface area contributed by atoms with E-state index < -0.39 is 16.1 Å². The molecular formula is C30H36BrN3O4S. The third-order valence-electron chi connectivity index (χ3n) is 6.54. The van der Waals surface area contributed by atoms with Crippen LogP contribution < -0.4 is 9.62 Å². The summed E-state index contributed by atoms with van der Waals surface area (Å²) in [6, 6.07) is 22.2. The molecule has 0 saturated carbocycles. The first-order chi connectivity index (χ1) is 18.5. The van der Waals surface area contributed by atoms with Crippen LogP contribution in [0.15, 0.2) is 77.3 Å². The zero-order valence-electron chi connectivity index (χ0n) is 22.9. The van der Waals surface area contributed by atoms with Crippen molar-refractivity contribution >= 4 is 43.5 Å². The molecule has 9 heteroatoms. The Bertz CT molecular complexity index is 1400. The molecule has 2 amide bonds. The van der Waals surface area contributed by atoms with Gasteiger partial charge in [-0.15, -0.1) is 0 Å². The first kappa shape index (κ1) is 30.4. The lowest BCUT2D eigenvalue weighted by Gasteiger charge is -2.32. The Kier molecular flexibility index (Phi) is 10.7. The first-order valence-electron chi connectivity index (χ1n) is 12.8. The molecule has 1 N–H and O–H groups in total. The summed E-state index contributed by atoms with van der Waals surface area (Å²) in [6.45, 7) is 4.19. The predicted molar refractivity (Wildman–Crippen MR) is 160 cm³/mol. The average molecular weight is 615 g/mol. The molecule has 0 aliphatic rings. The fraction of sp³-hybridized carbons (Fsp3) is 0.333. The van der Waals surface area contributed by atoms with E-state index in [-0.39, 0.29) is 31.3 Å². The smallest absolute Gasteiger partial charge is 0.242 e. The Hall–Kier alpha value is -3.17. The van der Waals surface area contributed by atoms with Gasteiger partial charge in [0, 0.05) is 37.5 Å². The van der Waals surface area contributed by atoms with Gasteiger partial charge in [0.1, 0.15) is 6.04 Å². The van der Waals surface area contributed by atoms with Gasteiger partial charge in [0.2, 0.25) is 21.8 Å². The maximum absolute atomic E-state index is 13.7. The number of hydrogen-bond acceptors (Lipinski definition) is 4. The minimum atomic E-state index is -3.56. The molecule has 0 radical (unpaired) electrons. The van der Waals surface area contributed by atoms with Crippen LogP contribution in [0.1, 0.15) is 35.1 Å². The molecule has 0 aromatic heterocycles. The second-order valence-electron chi connectivity index (χ2n) is 9.70. The van der Waals surface area contributed by atoms with E-state index >= 15 is 0 Å². The lowest BCUT2D eigenvalue weighted by molar-refractivity contribution is -0.141. The first-order valence-corrected chi connectivity index (χ1v) is 15.5. The van der Waals surface area contributed by atoms with E-state index in [4.69, 9.17) is 0 Å². The van der Waals surface area contributed by atoms with Gasteiger partial charge in [0.25, 0.3) is 0 Å². The van der Waals surface area contributed by atoms with Gasteiger partial charge in [-0.05, 0) is 60.7 Å². The minimum absolute atomic E-state index is 0.0904. The molecule has 0 aliphatic carbocycles. The molecule has 0 aliphatic heterocycles. The third kappa shape index (κ3) is 8.66. The van der Waals surface area contributed by atoms with Gasteiger partial charge in [-0.1, -0.05) is 70.5 Å². The molecule has 0 saturated heterocycles. The highest BCUT2D eigenvalue weighted by molar-refractivity contribution is 9.10. The topological polar surface area (TPSA) is 86.8 Å². The lowest BCUT2D eigenvalue weighted by Crippen LogP contribution is -2.49. The Morgan fingerprint density at radius 3 is 2.28 bits per heavy atom. The molecule has 39 heavy (non-hydrogen) atoms. The summed E-state index contributed by atoms with van der Waals surface area (Å²) < 4.78 is 27.6. The molecule has 3 aromatic carbocycles. The van der Waals surface area contributed by atoms with Crippen molar-refractivity contribution in [3.63, 3.8) is 0 Å². The highest BCUT2D eigenvalue weighted by Crippen LogP contribution is 2.25. The summed E-state index contributed by atoms with van der Waals surface area (Å²) in [5, 5.41) is 2.72. The third-order valence-corrected chi connectivity index (χ3v) is 8.22. The highest BCUT2D eigenvalue weighted by Gasteiger charge is 2.30. The van der Waals surface area contributed by atoms with Gasteiger partial charge in [-0.3, -0.25) is 13.9 Å². The van der Waals surface area contributed by atoms with E-state index in [1.165, 1.54) is 10.6 Å². The molecule has 0 heterocycles. The Balaban J connectivity index is 1.86. The Morgan fingerprint density at radius 2 is 1.64 bits per heavy atom. The van der Waals surface area contributed by atoms with Crippen LogP contribution in [-0.2, 0) is 32.6 Å². The molecule has 3 aromatic rings. The lowest BCUT2D eigenvalue weighted by atomic mass is 10.0. The van der Waals surface area contributed by atoms with Crippen LogP contribution in [0.25, 0.3) is 0 Å². The number of likely N-dealkylation sites (N-methyl/N-ethyl adjacent to an activating group) is 1. The number of halogens is 1. The number of aryl methyl sites for hydroxylation is 2. The van der Waals surface area contributed by atoms with Crippen molar-refractivity contribution in [1.29, 1.82) is 0 Å². The number of carbonyl (C=O) groups is 2. The number of rotatable bonds is 12. The molecule has 0 fully saturated rings. The fourth-order valence-electron chi connectivity index (χ4n) is 4.52. The number of sulfonamides is 1. The Labute approximate surface area is 240 Å². The van der Waals surface area contributed by atoms with Crippen molar-refractivity contribution in [2.24, 2.45) is 0 Å². The second-order valence-corrected chi connectivity index (χ2v) is 12.5. The van der Waals surface area contributed by atoms with E-state index in [1.807, 2.05) is 86.6 Å². The Morgan fingerprint density at radius 1 is 0.949 bits per heavy atom. The fourth-order valence-corrected chi connectivity index (χ4v) is 5.98.